The zero-order valence-electron chi connectivity index (χ0n) is 8.35. The lowest BCUT2D eigenvalue weighted by Gasteiger charge is -2.09. The van der Waals surface area contributed by atoms with Crippen molar-refractivity contribution in [3.8, 4) is 5.75 Å². The lowest BCUT2D eigenvalue weighted by Crippen LogP contribution is -2.06. The molecule has 14 heavy (non-hydrogen) atoms. The van der Waals surface area contributed by atoms with Gasteiger partial charge in [0.2, 0.25) is 5.91 Å². The molecule has 0 bridgehead atoms. The summed E-state index contributed by atoms with van der Waals surface area (Å²) in [6.07, 6.45) is 0. The molecule has 0 heterocycles. The number of anilines is 1. The quantitative estimate of drug-likeness (QED) is 0.820. The Bertz CT molecular complexity index is 363. The van der Waals surface area contributed by atoms with Crippen molar-refractivity contribution >= 4 is 23.2 Å². The van der Waals surface area contributed by atoms with E-state index < -0.39 is 0 Å². The Morgan fingerprint density at radius 1 is 1.50 bits per heavy atom. The molecule has 0 aliphatic rings. The van der Waals surface area contributed by atoms with E-state index in [-0.39, 0.29) is 5.91 Å². The van der Waals surface area contributed by atoms with Crippen molar-refractivity contribution in [1.29, 1.82) is 0 Å². The molecular weight excluding hydrogens is 202 g/mol. The van der Waals surface area contributed by atoms with E-state index in [4.69, 9.17) is 16.3 Å². The molecule has 0 unspecified atom stereocenters. The summed E-state index contributed by atoms with van der Waals surface area (Å²) < 4.78 is 5.06. The minimum absolute atomic E-state index is 0.153. The Kier molecular flexibility index (Phi) is 3.36. The maximum atomic E-state index is 10.9. The van der Waals surface area contributed by atoms with Crippen LogP contribution < -0.4 is 10.1 Å². The standard InChI is InChI=1S/C10H12ClNO2/c1-6-4-8(14-3)5-9(10(6)11)12-7(2)13/h4-5H,1-3H3,(H,12,13). The van der Waals surface area contributed by atoms with Gasteiger partial charge in [-0.1, -0.05) is 11.6 Å². The lowest BCUT2D eigenvalue weighted by molar-refractivity contribution is -0.114. The van der Waals surface area contributed by atoms with Gasteiger partial charge in [-0.3, -0.25) is 4.79 Å². The van der Waals surface area contributed by atoms with Crippen LogP contribution in [0.3, 0.4) is 0 Å². The summed E-state index contributed by atoms with van der Waals surface area (Å²) in [7, 11) is 1.57. The summed E-state index contributed by atoms with van der Waals surface area (Å²) in [5, 5.41) is 3.18. The number of amides is 1. The van der Waals surface area contributed by atoms with Crippen molar-refractivity contribution in [2.24, 2.45) is 0 Å². The first kappa shape index (κ1) is 10.9. The van der Waals surface area contributed by atoms with Crippen molar-refractivity contribution < 1.29 is 9.53 Å². The summed E-state index contributed by atoms with van der Waals surface area (Å²) in [6.45, 7) is 3.29. The second-order valence-corrected chi connectivity index (χ2v) is 3.36. The molecule has 0 aliphatic heterocycles. The third-order valence-electron chi connectivity index (χ3n) is 1.77. The molecule has 1 amide bonds. The zero-order valence-corrected chi connectivity index (χ0v) is 9.11. The van der Waals surface area contributed by atoms with Crippen LogP contribution in [-0.4, -0.2) is 13.0 Å². The van der Waals surface area contributed by atoms with Gasteiger partial charge in [-0.2, -0.15) is 0 Å². The first-order chi connectivity index (χ1) is 6.54. The second-order valence-electron chi connectivity index (χ2n) is 2.99. The fourth-order valence-corrected chi connectivity index (χ4v) is 1.29. The van der Waals surface area contributed by atoms with Gasteiger partial charge in [0.1, 0.15) is 5.75 Å². The Hall–Kier alpha value is -1.22. The van der Waals surface area contributed by atoms with Crippen molar-refractivity contribution in [2.45, 2.75) is 13.8 Å². The van der Waals surface area contributed by atoms with Crippen LogP contribution in [0.2, 0.25) is 5.02 Å². The van der Waals surface area contributed by atoms with Gasteiger partial charge >= 0.3 is 0 Å². The number of rotatable bonds is 2. The molecule has 4 heteroatoms. The Balaban J connectivity index is 3.13. The summed E-state index contributed by atoms with van der Waals surface area (Å²) in [6, 6.07) is 3.50. The molecule has 0 spiro atoms. The fourth-order valence-electron chi connectivity index (χ4n) is 1.13. The molecule has 0 saturated heterocycles. The van der Waals surface area contributed by atoms with E-state index in [0.717, 1.165) is 5.56 Å². The van der Waals surface area contributed by atoms with Crippen LogP contribution in [0.15, 0.2) is 12.1 Å². The van der Waals surface area contributed by atoms with Gasteiger partial charge in [-0.25, -0.2) is 0 Å². The number of halogens is 1. The van der Waals surface area contributed by atoms with E-state index in [2.05, 4.69) is 5.32 Å². The van der Waals surface area contributed by atoms with E-state index in [1.54, 1.807) is 13.2 Å². The largest absolute Gasteiger partial charge is 0.497 e. The number of ether oxygens (including phenoxy) is 1. The highest BCUT2D eigenvalue weighted by molar-refractivity contribution is 6.34. The Morgan fingerprint density at radius 2 is 2.14 bits per heavy atom. The minimum atomic E-state index is -0.153. The number of nitrogens with one attached hydrogen (secondary N) is 1. The van der Waals surface area contributed by atoms with Crippen LogP contribution in [0.1, 0.15) is 12.5 Å². The Labute approximate surface area is 88.0 Å². The summed E-state index contributed by atoms with van der Waals surface area (Å²) >= 11 is 6.00. The third kappa shape index (κ3) is 2.39. The molecule has 3 nitrogen and oxygen atoms in total. The number of carbonyl (C=O) groups is 1. The molecule has 1 aromatic carbocycles. The molecule has 0 atom stereocenters. The summed E-state index contributed by atoms with van der Waals surface area (Å²) in [4.78, 5) is 10.9. The number of methoxy groups -OCH3 is 1. The topological polar surface area (TPSA) is 38.3 Å². The van der Waals surface area contributed by atoms with E-state index in [1.165, 1.54) is 6.92 Å². The van der Waals surface area contributed by atoms with Gasteiger partial charge in [0.05, 0.1) is 17.8 Å². The van der Waals surface area contributed by atoms with E-state index in [1.807, 2.05) is 13.0 Å². The predicted molar refractivity (Wildman–Crippen MR) is 57.0 cm³/mol. The average molecular weight is 214 g/mol. The monoisotopic (exact) mass is 213 g/mol. The highest BCUT2D eigenvalue weighted by Crippen LogP contribution is 2.30. The Morgan fingerprint density at radius 3 is 2.64 bits per heavy atom. The number of aryl methyl sites for hydroxylation is 1. The van der Waals surface area contributed by atoms with Crippen LogP contribution in [0, 0.1) is 6.92 Å². The molecule has 0 aliphatic carbocycles. The molecule has 1 N–H and O–H groups in total. The molecule has 0 saturated carbocycles. The van der Waals surface area contributed by atoms with Crippen molar-refractivity contribution in [3.63, 3.8) is 0 Å². The van der Waals surface area contributed by atoms with Gasteiger partial charge in [0, 0.05) is 13.0 Å². The van der Waals surface area contributed by atoms with Gasteiger partial charge in [0.15, 0.2) is 0 Å². The highest BCUT2D eigenvalue weighted by atomic mass is 35.5. The van der Waals surface area contributed by atoms with E-state index in [0.29, 0.717) is 16.5 Å². The van der Waals surface area contributed by atoms with Crippen molar-refractivity contribution in [3.05, 3.63) is 22.7 Å². The molecule has 1 rings (SSSR count). The first-order valence-electron chi connectivity index (χ1n) is 4.16. The lowest BCUT2D eigenvalue weighted by atomic mass is 10.2. The van der Waals surface area contributed by atoms with Crippen molar-refractivity contribution in [2.75, 3.05) is 12.4 Å². The summed E-state index contributed by atoms with van der Waals surface area (Å²) in [5.41, 5.74) is 1.45. The summed E-state index contributed by atoms with van der Waals surface area (Å²) in [5.74, 6) is 0.523. The fraction of sp³-hybridized carbons (Fsp3) is 0.300. The van der Waals surface area contributed by atoms with E-state index in [9.17, 15) is 4.79 Å². The second kappa shape index (κ2) is 4.33. The van der Waals surface area contributed by atoms with Gasteiger partial charge in [-0.05, 0) is 18.6 Å². The number of hydrogen-bond donors (Lipinski definition) is 1. The maximum absolute atomic E-state index is 10.9. The normalized spacial score (nSPS) is 9.71. The van der Waals surface area contributed by atoms with Crippen LogP contribution in [0.4, 0.5) is 5.69 Å². The number of hydrogen-bond acceptors (Lipinski definition) is 2. The first-order valence-corrected chi connectivity index (χ1v) is 4.54. The SMILES string of the molecule is COc1cc(C)c(Cl)c(NC(C)=O)c1. The minimum Gasteiger partial charge on any atom is -0.497 e. The predicted octanol–water partition coefficient (Wildman–Crippen LogP) is 2.62. The van der Waals surface area contributed by atoms with Crippen molar-refractivity contribution in [1.82, 2.24) is 0 Å². The molecule has 1 aromatic rings. The van der Waals surface area contributed by atoms with E-state index >= 15 is 0 Å². The molecular formula is C10H12ClNO2. The molecule has 0 radical (unpaired) electrons. The average Bonchev–Trinajstić information content (AvgIpc) is 2.11. The van der Waals surface area contributed by atoms with Gasteiger partial charge in [-0.15, -0.1) is 0 Å². The maximum Gasteiger partial charge on any atom is 0.221 e. The molecule has 0 fully saturated rings. The van der Waals surface area contributed by atoms with Crippen LogP contribution in [0.5, 0.6) is 5.75 Å². The van der Waals surface area contributed by atoms with Crippen LogP contribution in [-0.2, 0) is 4.79 Å². The van der Waals surface area contributed by atoms with Gasteiger partial charge < -0.3 is 10.1 Å². The zero-order chi connectivity index (χ0) is 10.7. The third-order valence-corrected chi connectivity index (χ3v) is 2.28. The smallest absolute Gasteiger partial charge is 0.221 e. The van der Waals surface area contributed by atoms with Crippen LogP contribution in [0.25, 0.3) is 0 Å². The van der Waals surface area contributed by atoms with Gasteiger partial charge in [0.25, 0.3) is 0 Å². The number of carbonyl (C=O) groups excluding carboxylic acids is 1. The highest BCUT2D eigenvalue weighted by Gasteiger charge is 2.07. The van der Waals surface area contributed by atoms with Crippen LogP contribution >= 0.6 is 11.6 Å². The molecule has 76 valence electrons. The molecule has 0 aromatic heterocycles. The number of benzene rings is 1.